The van der Waals surface area contributed by atoms with Crippen molar-refractivity contribution in [3.63, 3.8) is 0 Å². The molecule has 2 aromatic rings. The molecular weight excluding hydrogens is 376 g/mol. The third-order valence-corrected chi connectivity index (χ3v) is 6.40. The molecule has 2 N–H and O–H groups in total. The molecule has 146 valence electrons. The average molecular weight is 398 g/mol. The summed E-state index contributed by atoms with van der Waals surface area (Å²) in [5, 5.41) is 6.00. The first-order valence-corrected chi connectivity index (χ1v) is 10.3. The minimum atomic E-state index is -0.432. The number of amides is 4. The standard InChI is InChI=1S/C20H22N4O3S/c1-2-12-7-8-15-16(9-12)28-19(22-15)23-18(26)14-6-4-3-5-13(14)11-24-17(25)10-21-20(24)27/h3-6,12H,2,7-11H2,1H3,(H,21,27)(H,22,23,26)/t12-/m1/s1. The quantitative estimate of drug-likeness (QED) is 0.758. The van der Waals surface area contributed by atoms with Crippen molar-refractivity contribution in [3.05, 3.63) is 46.0 Å². The van der Waals surface area contributed by atoms with E-state index in [0.717, 1.165) is 36.3 Å². The minimum absolute atomic E-state index is 0.00335. The summed E-state index contributed by atoms with van der Waals surface area (Å²) >= 11 is 1.55. The molecule has 7 nitrogen and oxygen atoms in total. The van der Waals surface area contributed by atoms with Crippen molar-refractivity contribution in [1.29, 1.82) is 0 Å². The number of hydrogen-bond donors (Lipinski definition) is 2. The third kappa shape index (κ3) is 3.64. The van der Waals surface area contributed by atoms with E-state index >= 15 is 0 Å². The number of benzene rings is 1. The molecule has 8 heteroatoms. The fourth-order valence-corrected chi connectivity index (χ4v) is 4.79. The van der Waals surface area contributed by atoms with Gasteiger partial charge in [0, 0.05) is 10.4 Å². The van der Waals surface area contributed by atoms with E-state index in [9.17, 15) is 14.4 Å². The molecule has 1 aromatic carbocycles. The van der Waals surface area contributed by atoms with Crippen LogP contribution in [-0.2, 0) is 24.2 Å². The molecule has 1 aliphatic heterocycles. The normalized spacial score (nSPS) is 18.8. The molecule has 1 atom stereocenters. The lowest BCUT2D eigenvalue weighted by Crippen LogP contribution is -2.31. The molecule has 0 unspecified atom stereocenters. The second-order valence-corrected chi connectivity index (χ2v) is 8.24. The summed E-state index contributed by atoms with van der Waals surface area (Å²) in [5.74, 6) is 0.125. The molecule has 0 bridgehead atoms. The van der Waals surface area contributed by atoms with Crippen LogP contribution in [0.1, 0.15) is 46.3 Å². The molecule has 4 amide bonds. The number of fused-ring (bicyclic) bond motifs is 1. The number of carbonyl (C=O) groups excluding carboxylic acids is 3. The number of aryl methyl sites for hydroxylation is 1. The molecular formula is C20H22N4O3S. The first-order chi connectivity index (χ1) is 13.5. The average Bonchev–Trinajstić information content (AvgIpc) is 3.24. The van der Waals surface area contributed by atoms with Gasteiger partial charge in [0.2, 0.25) is 5.91 Å². The van der Waals surface area contributed by atoms with Gasteiger partial charge in [-0.05, 0) is 36.8 Å². The van der Waals surface area contributed by atoms with Gasteiger partial charge in [-0.25, -0.2) is 9.78 Å². The van der Waals surface area contributed by atoms with Crippen LogP contribution in [0.5, 0.6) is 0 Å². The molecule has 0 spiro atoms. The van der Waals surface area contributed by atoms with Crippen molar-refractivity contribution < 1.29 is 14.4 Å². The van der Waals surface area contributed by atoms with Crippen LogP contribution in [0.2, 0.25) is 0 Å². The summed E-state index contributed by atoms with van der Waals surface area (Å²) in [5.41, 5.74) is 2.16. The zero-order chi connectivity index (χ0) is 19.7. The van der Waals surface area contributed by atoms with Crippen molar-refractivity contribution in [1.82, 2.24) is 15.2 Å². The van der Waals surface area contributed by atoms with Gasteiger partial charge >= 0.3 is 6.03 Å². The SMILES string of the molecule is CC[C@@H]1CCc2nc(NC(=O)c3ccccc3CN3C(=O)CNC3=O)sc2C1. The third-order valence-electron chi connectivity index (χ3n) is 5.37. The lowest BCUT2D eigenvalue weighted by atomic mass is 9.89. The van der Waals surface area contributed by atoms with E-state index in [2.05, 4.69) is 22.5 Å². The summed E-state index contributed by atoms with van der Waals surface area (Å²) in [6.45, 7) is 2.28. The van der Waals surface area contributed by atoms with E-state index in [1.54, 1.807) is 35.6 Å². The predicted octanol–water partition coefficient (Wildman–Crippen LogP) is 2.96. The lowest BCUT2D eigenvalue weighted by Gasteiger charge is -2.18. The largest absolute Gasteiger partial charge is 0.329 e. The number of nitrogens with one attached hydrogen (secondary N) is 2. The summed E-state index contributed by atoms with van der Waals surface area (Å²) in [6, 6.07) is 6.58. The number of aromatic nitrogens is 1. The van der Waals surface area contributed by atoms with Crippen LogP contribution in [0.25, 0.3) is 0 Å². The Hall–Kier alpha value is -2.74. The van der Waals surface area contributed by atoms with Gasteiger partial charge in [-0.2, -0.15) is 0 Å². The van der Waals surface area contributed by atoms with Crippen molar-refractivity contribution in [3.8, 4) is 0 Å². The molecule has 1 aromatic heterocycles. The Bertz CT molecular complexity index is 923. The van der Waals surface area contributed by atoms with Crippen LogP contribution < -0.4 is 10.6 Å². The van der Waals surface area contributed by atoms with E-state index < -0.39 is 6.03 Å². The Balaban J connectivity index is 1.51. The smallest absolute Gasteiger partial charge is 0.324 e. The number of imide groups is 1. The van der Waals surface area contributed by atoms with Gasteiger partial charge in [-0.1, -0.05) is 31.5 Å². The number of thiazole rings is 1. The van der Waals surface area contributed by atoms with E-state index in [-0.39, 0.29) is 24.9 Å². The fourth-order valence-electron chi connectivity index (χ4n) is 3.67. The van der Waals surface area contributed by atoms with Gasteiger partial charge in [0.15, 0.2) is 5.13 Å². The number of hydrogen-bond acceptors (Lipinski definition) is 5. The van der Waals surface area contributed by atoms with Gasteiger partial charge in [0.05, 0.1) is 18.8 Å². The highest BCUT2D eigenvalue weighted by Gasteiger charge is 2.29. The number of anilines is 1. The van der Waals surface area contributed by atoms with E-state index in [0.29, 0.717) is 22.2 Å². The zero-order valence-corrected chi connectivity index (χ0v) is 16.5. The second kappa shape index (κ2) is 7.71. The lowest BCUT2D eigenvalue weighted by molar-refractivity contribution is -0.125. The molecule has 0 radical (unpaired) electrons. The van der Waals surface area contributed by atoms with Crippen LogP contribution >= 0.6 is 11.3 Å². The van der Waals surface area contributed by atoms with Gasteiger partial charge < -0.3 is 5.32 Å². The van der Waals surface area contributed by atoms with Crippen LogP contribution in [0.3, 0.4) is 0 Å². The van der Waals surface area contributed by atoms with Crippen LogP contribution in [0, 0.1) is 5.92 Å². The second-order valence-electron chi connectivity index (χ2n) is 7.16. The molecule has 4 rings (SSSR count). The van der Waals surface area contributed by atoms with E-state index in [1.807, 2.05) is 0 Å². The Morgan fingerprint density at radius 3 is 2.93 bits per heavy atom. The highest BCUT2D eigenvalue weighted by molar-refractivity contribution is 7.15. The van der Waals surface area contributed by atoms with E-state index in [1.165, 1.54) is 4.88 Å². The minimum Gasteiger partial charge on any atom is -0.329 e. The highest BCUT2D eigenvalue weighted by atomic mass is 32.1. The van der Waals surface area contributed by atoms with Crippen molar-refractivity contribution in [2.75, 3.05) is 11.9 Å². The van der Waals surface area contributed by atoms with Crippen LogP contribution in [0.15, 0.2) is 24.3 Å². The summed E-state index contributed by atoms with van der Waals surface area (Å²) in [6.07, 6.45) is 4.30. The molecule has 1 saturated heterocycles. The van der Waals surface area contributed by atoms with Gasteiger partial charge in [0.25, 0.3) is 5.91 Å². The summed E-state index contributed by atoms with van der Waals surface area (Å²) in [7, 11) is 0. The zero-order valence-electron chi connectivity index (χ0n) is 15.7. The molecule has 28 heavy (non-hydrogen) atoms. The Labute approximate surface area is 167 Å². The van der Waals surface area contributed by atoms with Crippen molar-refractivity contribution in [2.24, 2.45) is 5.92 Å². The molecule has 1 aliphatic carbocycles. The van der Waals surface area contributed by atoms with Crippen molar-refractivity contribution in [2.45, 2.75) is 39.2 Å². The maximum Gasteiger partial charge on any atom is 0.324 e. The number of rotatable bonds is 5. The first kappa shape index (κ1) is 18.6. The van der Waals surface area contributed by atoms with Crippen LogP contribution in [-0.4, -0.2) is 34.3 Å². The molecule has 1 fully saturated rings. The first-order valence-electron chi connectivity index (χ1n) is 9.51. The summed E-state index contributed by atoms with van der Waals surface area (Å²) in [4.78, 5) is 43.5. The highest BCUT2D eigenvalue weighted by Crippen LogP contribution is 2.33. The molecule has 2 heterocycles. The predicted molar refractivity (Wildman–Crippen MR) is 106 cm³/mol. The fraction of sp³-hybridized carbons (Fsp3) is 0.400. The van der Waals surface area contributed by atoms with E-state index in [4.69, 9.17) is 0 Å². The maximum atomic E-state index is 12.9. The monoisotopic (exact) mass is 398 g/mol. The van der Waals surface area contributed by atoms with Crippen LogP contribution in [0.4, 0.5) is 9.93 Å². The van der Waals surface area contributed by atoms with Crippen molar-refractivity contribution >= 4 is 34.3 Å². The van der Waals surface area contributed by atoms with Gasteiger partial charge in [0.1, 0.15) is 0 Å². The van der Waals surface area contributed by atoms with Gasteiger partial charge in [-0.3, -0.25) is 19.8 Å². The summed E-state index contributed by atoms with van der Waals surface area (Å²) < 4.78 is 0. The topological polar surface area (TPSA) is 91.4 Å². The van der Waals surface area contributed by atoms with Gasteiger partial charge in [-0.15, -0.1) is 11.3 Å². The molecule has 2 aliphatic rings. The maximum absolute atomic E-state index is 12.9. The number of urea groups is 1. The number of nitrogens with zero attached hydrogens (tertiary/aromatic N) is 2. The Morgan fingerprint density at radius 2 is 2.18 bits per heavy atom. The Morgan fingerprint density at radius 1 is 1.36 bits per heavy atom. The molecule has 0 saturated carbocycles. The number of carbonyl (C=O) groups is 3. The Kier molecular flexibility index (Phi) is 5.13.